The Balaban J connectivity index is 2.16. The van der Waals surface area contributed by atoms with Gasteiger partial charge in [0, 0.05) is 0 Å². The first kappa shape index (κ1) is 19.4. The molecule has 5 heteroatoms. The lowest BCUT2D eigenvalue weighted by molar-refractivity contribution is -0.159. The third-order valence-electron chi connectivity index (χ3n) is 5.09. The average Bonchev–Trinajstić information content (AvgIpc) is 2.59. The molecule has 138 valence electrons. The Morgan fingerprint density at radius 3 is 2.52 bits per heavy atom. The van der Waals surface area contributed by atoms with Crippen LogP contribution in [0.4, 0.5) is 0 Å². The smallest absolute Gasteiger partial charge is 0.333 e. The quantitative estimate of drug-likeness (QED) is 0.776. The van der Waals surface area contributed by atoms with Crippen LogP contribution in [-0.2, 0) is 14.3 Å². The number of nitrogens with one attached hydrogen (secondary N) is 1. The minimum atomic E-state index is -0.817. The Kier molecular flexibility index (Phi) is 7.00. The molecule has 0 heterocycles. The van der Waals surface area contributed by atoms with Gasteiger partial charge in [-0.25, -0.2) is 4.79 Å². The van der Waals surface area contributed by atoms with Crippen molar-refractivity contribution in [2.45, 2.75) is 52.2 Å². The van der Waals surface area contributed by atoms with Gasteiger partial charge in [0.15, 0.2) is 6.04 Å². The van der Waals surface area contributed by atoms with Gasteiger partial charge in [-0.3, -0.25) is 4.79 Å². The summed E-state index contributed by atoms with van der Waals surface area (Å²) in [5.74, 6) is 0.587. The van der Waals surface area contributed by atoms with E-state index < -0.39 is 12.0 Å². The van der Waals surface area contributed by atoms with E-state index in [0.717, 1.165) is 12.8 Å². The lowest BCUT2D eigenvalue weighted by Gasteiger charge is -2.37. The minimum Gasteiger partial charge on any atom is -0.460 e. The Hall–Kier alpha value is -1.88. The van der Waals surface area contributed by atoms with Crippen LogP contribution in [0.15, 0.2) is 30.3 Å². The summed E-state index contributed by atoms with van der Waals surface area (Å²) in [4.78, 5) is 24.6. The van der Waals surface area contributed by atoms with E-state index in [9.17, 15) is 9.59 Å². The van der Waals surface area contributed by atoms with E-state index in [1.54, 1.807) is 0 Å². The van der Waals surface area contributed by atoms with Crippen LogP contribution in [0.25, 0.3) is 0 Å². The predicted molar refractivity (Wildman–Crippen MR) is 97.6 cm³/mol. The van der Waals surface area contributed by atoms with Crippen molar-refractivity contribution in [1.29, 1.82) is 0 Å². The third kappa shape index (κ3) is 5.30. The normalized spacial score (nSPS) is 24.6. The van der Waals surface area contributed by atoms with Crippen LogP contribution in [0, 0.1) is 17.8 Å². The van der Waals surface area contributed by atoms with Crippen molar-refractivity contribution in [3.8, 4) is 0 Å². The summed E-state index contributed by atoms with van der Waals surface area (Å²) >= 11 is 0. The first-order chi connectivity index (χ1) is 11.9. The monoisotopic (exact) mass is 346 g/mol. The molecule has 1 aliphatic carbocycles. The molecule has 4 atom stereocenters. The van der Waals surface area contributed by atoms with Crippen molar-refractivity contribution in [2.75, 3.05) is 6.54 Å². The number of benzene rings is 1. The fraction of sp³-hybridized carbons (Fsp3) is 0.600. The van der Waals surface area contributed by atoms with E-state index in [0.29, 0.717) is 23.3 Å². The molecule has 1 saturated carbocycles. The van der Waals surface area contributed by atoms with Crippen LogP contribution in [0.3, 0.4) is 0 Å². The molecular formula is C20H30N2O3. The van der Waals surface area contributed by atoms with E-state index in [1.165, 1.54) is 6.42 Å². The van der Waals surface area contributed by atoms with E-state index in [2.05, 4.69) is 26.1 Å². The SMILES string of the molecule is CC(C)[C@@H]1CC[C@@H](C)C[C@H]1OC(=O)[C@@H](NC(=O)CN)c1ccccc1. The summed E-state index contributed by atoms with van der Waals surface area (Å²) in [5, 5.41) is 2.69. The van der Waals surface area contributed by atoms with Gasteiger partial charge in [-0.1, -0.05) is 57.5 Å². The average molecular weight is 346 g/mol. The molecule has 1 amide bonds. The molecule has 1 aliphatic rings. The lowest BCUT2D eigenvalue weighted by atomic mass is 9.75. The molecular weight excluding hydrogens is 316 g/mol. The van der Waals surface area contributed by atoms with Gasteiger partial charge in [0.25, 0.3) is 0 Å². The number of hydrogen-bond donors (Lipinski definition) is 2. The fourth-order valence-electron chi connectivity index (χ4n) is 3.61. The molecule has 0 unspecified atom stereocenters. The van der Waals surface area contributed by atoms with Gasteiger partial charge in [0.2, 0.25) is 5.91 Å². The molecule has 5 nitrogen and oxygen atoms in total. The highest BCUT2D eigenvalue weighted by atomic mass is 16.5. The lowest BCUT2D eigenvalue weighted by Crippen LogP contribution is -2.42. The maximum absolute atomic E-state index is 12.9. The Morgan fingerprint density at radius 1 is 1.24 bits per heavy atom. The fourth-order valence-corrected chi connectivity index (χ4v) is 3.61. The molecule has 1 fully saturated rings. The zero-order valence-corrected chi connectivity index (χ0v) is 15.4. The van der Waals surface area contributed by atoms with Crippen molar-refractivity contribution in [3.63, 3.8) is 0 Å². The summed E-state index contributed by atoms with van der Waals surface area (Å²) in [7, 11) is 0. The number of ether oxygens (including phenoxy) is 1. The van der Waals surface area contributed by atoms with E-state index in [-0.39, 0.29) is 18.6 Å². The van der Waals surface area contributed by atoms with Crippen LogP contribution >= 0.6 is 0 Å². The van der Waals surface area contributed by atoms with Gasteiger partial charge < -0.3 is 15.8 Å². The summed E-state index contributed by atoms with van der Waals surface area (Å²) in [6.45, 7) is 6.38. The van der Waals surface area contributed by atoms with Crippen molar-refractivity contribution >= 4 is 11.9 Å². The van der Waals surface area contributed by atoms with Gasteiger partial charge in [-0.05, 0) is 36.2 Å². The van der Waals surface area contributed by atoms with Crippen LogP contribution in [-0.4, -0.2) is 24.5 Å². The van der Waals surface area contributed by atoms with Crippen molar-refractivity contribution in [2.24, 2.45) is 23.5 Å². The minimum absolute atomic E-state index is 0.0998. The van der Waals surface area contributed by atoms with Gasteiger partial charge in [0.05, 0.1) is 6.54 Å². The van der Waals surface area contributed by atoms with Crippen molar-refractivity contribution in [3.05, 3.63) is 35.9 Å². The third-order valence-corrected chi connectivity index (χ3v) is 5.09. The molecule has 1 aromatic carbocycles. The number of carbonyl (C=O) groups is 2. The first-order valence-electron chi connectivity index (χ1n) is 9.17. The molecule has 2 rings (SSSR count). The summed E-state index contributed by atoms with van der Waals surface area (Å²) in [6.07, 6.45) is 3.02. The maximum Gasteiger partial charge on any atom is 0.333 e. The zero-order valence-electron chi connectivity index (χ0n) is 15.4. The Bertz CT molecular complexity index is 574. The number of esters is 1. The molecule has 0 spiro atoms. The van der Waals surface area contributed by atoms with Crippen LogP contribution in [0.2, 0.25) is 0 Å². The molecule has 0 radical (unpaired) electrons. The van der Waals surface area contributed by atoms with Gasteiger partial charge >= 0.3 is 5.97 Å². The van der Waals surface area contributed by atoms with Gasteiger partial charge in [0.1, 0.15) is 6.10 Å². The summed E-state index contributed by atoms with van der Waals surface area (Å²) in [5.41, 5.74) is 6.11. The second-order valence-electron chi connectivity index (χ2n) is 7.42. The molecule has 1 aromatic rings. The number of amides is 1. The highest BCUT2D eigenvalue weighted by molar-refractivity contribution is 5.86. The van der Waals surface area contributed by atoms with E-state index in [1.807, 2.05) is 30.3 Å². The zero-order chi connectivity index (χ0) is 18.4. The molecule has 0 bridgehead atoms. The molecule has 0 saturated heterocycles. The number of rotatable bonds is 6. The maximum atomic E-state index is 12.9. The van der Waals surface area contributed by atoms with Crippen LogP contribution in [0.1, 0.15) is 51.6 Å². The predicted octanol–water partition coefficient (Wildman–Crippen LogP) is 2.81. The van der Waals surface area contributed by atoms with Crippen molar-refractivity contribution < 1.29 is 14.3 Å². The summed E-state index contributed by atoms with van der Waals surface area (Å²) < 4.78 is 5.90. The van der Waals surface area contributed by atoms with Crippen LogP contribution < -0.4 is 11.1 Å². The number of nitrogens with two attached hydrogens (primary N) is 1. The van der Waals surface area contributed by atoms with Gasteiger partial charge in [-0.2, -0.15) is 0 Å². The first-order valence-corrected chi connectivity index (χ1v) is 9.17. The van der Waals surface area contributed by atoms with Crippen molar-refractivity contribution in [1.82, 2.24) is 5.32 Å². The molecule has 25 heavy (non-hydrogen) atoms. The highest BCUT2D eigenvalue weighted by Crippen LogP contribution is 2.36. The molecule has 0 aliphatic heterocycles. The molecule has 3 N–H and O–H groups in total. The highest BCUT2D eigenvalue weighted by Gasteiger charge is 2.35. The Morgan fingerprint density at radius 2 is 1.92 bits per heavy atom. The largest absolute Gasteiger partial charge is 0.460 e. The van der Waals surface area contributed by atoms with Gasteiger partial charge in [-0.15, -0.1) is 0 Å². The number of hydrogen-bond acceptors (Lipinski definition) is 4. The summed E-state index contributed by atoms with van der Waals surface area (Å²) in [6, 6.07) is 8.35. The van der Waals surface area contributed by atoms with Crippen LogP contribution in [0.5, 0.6) is 0 Å². The molecule has 0 aromatic heterocycles. The van der Waals surface area contributed by atoms with E-state index >= 15 is 0 Å². The Labute approximate surface area is 150 Å². The second kappa shape index (κ2) is 8.99. The standard InChI is InChI=1S/C20H30N2O3/c1-13(2)16-10-9-14(3)11-17(16)25-20(24)19(22-18(23)12-21)15-7-5-4-6-8-15/h4-8,13-14,16-17,19H,9-12,21H2,1-3H3,(H,22,23)/t14-,16+,17-,19+/m1/s1. The second-order valence-corrected chi connectivity index (χ2v) is 7.42. The topological polar surface area (TPSA) is 81.4 Å². The number of carbonyl (C=O) groups excluding carboxylic acids is 2. The van der Waals surface area contributed by atoms with E-state index in [4.69, 9.17) is 10.5 Å².